The molecule has 0 spiro atoms. The minimum atomic E-state index is -0.536. The largest absolute Gasteiger partial charge is 0.364 e. The van der Waals surface area contributed by atoms with Crippen molar-refractivity contribution in [2.75, 3.05) is 0 Å². The van der Waals surface area contributed by atoms with E-state index in [0.717, 1.165) is 17.7 Å². The zero-order valence-corrected chi connectivity index (χ0v) is 6.55. The molecule has 0 bridgehead atoms. The van der Waals surface area contributed by atoms with Crippen molar-refractivity contribution in [2.24, 2.45) is 5.73 Å². The van der Waals surface area contributed by atoms with Crippen molar-refractivity contribution in [3.63, 3.8) is 0 Å². The molecule has 1 aromatic heterocycles. The van der Waals surface area contributed by atoms with E-state index in [0.29, 0.717) is 0 Å². The smallest absolute Gasteiger partial charge is 0.271 e. The van der Waals surface area contributed by atoms with Gasteiger partial charge in [-0.25, -0.2) is 0 Å². The van der Waals surface area contributed by atoms with Crippen LogP contribution in [0.4, 0.5) is 0 Å². The van der Waals surface area contributed by atoms with Gasteiger partial charge in [-0.3, -0.25) is 4.79 Å². The Morgan fingerprint density at radius 1 is 1.73 bits per heavy atom. The summed E-state index contributed by atoms with van der Waals surface area (Å²) in [7, 11) is 0. The van der Waals surface area contributed by atoms with Crippen LogP contribution in [0.5, 0.6) is 0 Å². The van der Waals surface area contributed by atoms with E-state index < -0.39 is 5.91 Å². The molecule has 1 amide bonds. The Hall–Kier alpha value is -1.32. The van der Waals surface area contributed by atoms with Crippen molar-refractivity contribution in [2.45, 2.75) is 20.3 Å². The number of nitrogens with two attached hydrogens (primary N) is 1. The second-order valence-corrected chi connectivity index (χ2v) is 2.30. The van der Waals surface area contributed by atoms with E-state index in [4.69, 9.17) is 10.3 Å². The molecular weight excluding hydrogens is 144 g/mol. The molecule has 1 aromatic rings. The Balaban J connectivity index is 3.10. The van der Waals surface area contributed by atoms with Crippen LogP contribution in [0.25, 0.3) is 0 Å². The first kappa shape index (κ1) is 7.78. The van der Waals surface area contributed by atoms with E-state index in [1.165, 1.54) is 0 Å². The number of aromatic nitrogens is 1. The van der Waals surface area contributed by atoms with E-state index in [1.54, 1.807) is 6.92 Å². The van der Waals surface area contributed by atoms with E-state index in [1.807, 2.05) is 6.92 Å². The first-order chi connectivity index (χ1) is 5.16. The molecule has 0 aliphatic carbocycles. The number of aryl methyl sites for hydroxylation is 1. The summed E-state index contributed by atoms with van der Waals surface area (Å²) in [6.07, 6.45) is 0.728. The van der Waals surface area contributed by atoms with Crippen molar-refractivity contribution in [3.05, 3.63) is 17.0 Å². The fourth-order valence-corrected chi connectivity index (χ4v) is 0.929. The lowest BCUT2D eigenvalue weighted by Gasteiger charge is -1.88. The highest BCUT2D eigenvalue weighted by Crippen LogP contribution is 2.11. The summed E-state index contributed by atoms with van der Waals surface area (Å²) in [5.41, 5.74) is 6.01. The van der Waals surface area contributed by atoms with Gasteiger partial charge >= 0.3 is 0 Å². The first-order valence-corrected chi connectivity index (χ1v) is 3.41. The van der Waals surface area contributed by atoms with Crippen LogP contribution in [0.15, 0.2) is 4.52 Å². The molecule has 0 aliphatic rings. The van der Waals surface area contributed by atoms with Crippen LogP contribution in [-0.2, 0) is 6.42 Å². The summed E-state index contributed by atoms with van der Waals surface area (Å²) in [6, 6.07) is 0. The highest BCUT2D eigenvalue weighted by atomic mass is 16.5. The molecule has 0 aromatic carbocycles. The molecule has 0 aliphatic heterocycles. The van der Waals surface area contributed by atoms with Crippen LogP contribution in [0.2, 0.25) is 0 Å². The van der Waals surface area contributed by atoms with Crippen molar-refractivity contribution in [3.8, 4) is 0 Å². The normalized spacial score (nSPS) is 10.0. The Kier molecular flexibility index (Phi) is 1.94. The molecule has 0 atom stereocenters. The molecule has 0 saturated heterocycles. The average molecular weight is 154 g/mol. The van der Waals surface area contributed by atoms with Crippen LogP contribution < -0.4 is 5.73 Å². The van der Waals surface area contributed by atoms with Gasteiger partial charge in [0.25, 0.3) is 5.91 Å². The SMILES string of the molecule is CCc1onc(C(N)=O)c1C. The first-order valence-electron chi connectivity index (χ1n) is 3.41. The lowest BCUT2D eigenvalue weighted by Crippen LogP contribution is -2.12. The number of hydrogen-bond donors (Lipinski definition) is 1. The predicted octanol–water partition coefficient (Wildman–Crippen LogP) is 0.644. The van der Waals surface area contributed by atoms with Gasteiger partial charge in [0.15, 0.2) is 5.69 Å². The lowest BCUT2D eigenvalue weighted by molar-refractivity contribution is 0.0991. The Bertz CT molecular complexity index is 278. The zero-order chi connectivity index (χ0) is 8.43. The zero-order valence-electron chi connectivity index (χ0n) is 6.55. The quantitative estimate of drug-likeness (QED) is 0.679. The number of carbonyl (C=O) groups is 1. The van der Waals surface area contributed by atoms with Gasteiger partial charge < -0.3 is 10.3 Å². The van der Waals surface area contributed by atoms with Gasteiger partial charge in [-0.15, -0.1) is 0 Å². The number of primary amides is 1. The summed E-state index contributed by atoms with van der Waals surface area (Å²) in [5.74, 6) is 0.185. The Morgan fingerprint density at radius 3 is 2.64 bits per heavy atom. The van der Waals surface area contributed by atoms with Crippen LogP contribution in [-0.4, -0.2) is 11.1 Å². The van der Waals surface area contributed by atoms with E-state index >= 15 is 0 Å². The molecule has 0 unspecified atom stereocenters. The summed E-state index contributed by atoms with van der Waals surface area (Å²) in [6.45, 7) is 3.70. The molecular formula is C7H10N2O2. The average Bonchev–Trinajstić information content (AvgIpc) is 2.30. The van der Waals surface area contributed by atoms with Crippen LogP contribution >= 0.6 is 0 Å². The molecule has 4 heteroatoms. The van der Waals surface area contributed by atoms with Crippen molar-refractivity contribution < 1.29 is 9.32 Å². The third kappa shape index (κ3) is 1.24. The van der Waals surface area contributed by atoms with E-state index in [2.05, 4.69) is 5.16 Å². The molecule has 4 nitrogen and oxygen atoms in total. The molecule has 0 saturated carbocycles. The molecule has 0 fully saturated rings. The third-order valence-corrected chi connectivity index (χ3v) is 1.58. The van der Waals surface area contributed by atoms with Gasteiger partial charge in [0, 0.05) is 12.0 Å². The predicted molar refractivity (Wildman–Crippen MR) is 39.1 cm³/mol. The van der Waals surface area contributed by atoms with Crippen LogP contribution in [0.1, 0.15) is 28.7 Å². The molecule has 11 heavy (non-hydrogen) atoms. The van der Waals surface area contributed by atoms with Gasteiger partial charge in [0.2, 0.25) is 0 Å². The lowest BCUT2D eigenvalue weighted by atomic mass is 10.2. The van der Waals surface area contributed by atoms with Crippen molar-refractivity contribution >= 4 is 5.91 Å². The van der Waals surface area contributed by atoms with E-state index in [9.17, 15) is 4.79 Å². The molecule has 60 valence electrons. The molecule has 0 radical (unpaired) electrons. The number of nitrogens with zero attached hydrogens (tertiary/aromatic N) is 1. The topological polar surface area (TPSA) is 69.1 Å². The van der Waals surface area contributed by atoms with E-state index in [-0.39, 0.29) is 5.69 Å². The maximum Gasteiger partial charge on any atom is 0.271 e. The van der Waals surface area contributed by atoms with Gasteiger partial charge in [-0.05, 0) is 6.92 Å². The monoisotopic (exact) mass is 154 g/mol. The van der Waals surface area contributed by atoms with Gasteiger partial charge in [-0.1, -0.05) is 12.1 Å². The second kappa shape index (κ2) is 2.74. The minimum absolute atomic E-state index is 0.238. The van der Waals surface area contributed by atoms with Crippen LogP contribution in [0, 0.1) is 6.92 Å². The third-order valence-electron chi connectivity index (χ3n) is 1.58. The molecule has 1 rings (SSSR count). The molecule has 1 heterocycles. The second-order valence-electron chi connectivity index (χ2n) is 2.30. The number of hydrogen-bond acceptors (Lipinski definition) is 3. The number of carbonyl (C=O) groups excluding carboxylic acids is 1. The van der Waals surface area contributed by atoms with Crippen molar-refractivity contribution in [1.82, 2.24) is 5.16 Å². The fourth-order valence-electron chi connectivity index (χ4n) is 0.929. The maximum atomic E-state index is 10.7. The minimum Gasteiger partial charge on any atom is -0.364 e. The summed E-state index contributed by atoms with van der Waals surface area (Å²) in [4.78, 5) is 10.7. The Morgan fingerprint density at radius 2 is 2.36 bits per heavy atom. The summed E-state index contributed by atoms with van der Waals surface area (Å²) >= 11 is 0. The van der Waals surface area contributed by atoms with Gasteiger partial charge in [0.1, 0.15) is 5.76 Å². The van der Waals surface area contributed by atoms with Crippen LogP contribution in [0.3, 0.4) is 0 Å². The van der Waals surface area contributed by atoms with Gasteiger partial charge in [0.05, 0.1) is 0 Å². The maximum absolute atomic E-state index is 10.7. The molecule has 2 N–H and O–H groups in total. The van der Waals surface area contributed by atoms with Crippen molar-refractivity contribution in [1.29, 1.82) is 0 Å². The highest BCUT2D eigenvalue weighted by Gasteiger charge is 2.13. The van der Waals surface area contributed by atoms with Gasteiger partial charge in [-0.2, -0.15) is 0 Å². The standard InChI is InChI=1S/C7H10N2O2/c1-3-5-4(2)6(7(8)10)9-11-5/h3H2,1-2H3,(H2,8,10). The number of rotatable bonds is 2. The number of amides is 1. The highest BCUT2D eigenvalue weighted by molar-refractivity contribution is 5.92. The summed E-state index contributed by atoms with van der Waals surface area (Å²) < 4.78 is 4.86. The Labute approximate surface area is 64.4 Å². The fraction of sp³-hybridized carbons (Fsp3) is 0.429. The summed E-state index contributed by atoms with van der Waals surface area (Å²) in [5, 5.41) is 3.54.